The van der Waals surface area contributed by atoms with Gasteiger partial charge in [0.05, 0.1) is 7.11 Å². The van der Waals surface area contributed by atoms with E-state index < -0.39 is 16.1 Å². The number of nitrogens with zero attached hydrogens (tertiary/aromatic N) is 2. The second-order valence-corrected chi connectivity index (χ2v) is 8.09. The van der Waals surface area contributed by atoms with E-state index in [1.807, 2.05) is 11.8 Å². The molecule has 2 saturated heterocycles. The summed E-state index contributed by atoms with van der Waals surface area (Å²) in [6.45, 7) is 4.58. The smallest absolute Gasteiger partial charge is 0.247 e. The van der Waals surface area contributed by atoms with Gasteiger partial charge in [-0.2, -0.15) is 4.31 Å². The van der Waals surface area contributed by atoms with Gasteiger partial charge in [-0.3, -0.25) is 4.79 Å². The monoisotopic (exact) mass is 338 g/mol. The standard InChI is InChI=1S/C16H22N2O4S/c1-11-6-7-14(22-3)15(9-11)23(20,21)18-10-13-5-4-8-17(13)16(19)12(18)2/h6-7,9,12-13H,4-5,8,10H2,1-3H3/t12-,13+/m0/s1. The summed E-state index contributed by atoms with van der Waals surface area (Å²) in [5.74, 6) is 0.207. The summed E-state index contributed by atoms with van der Waals surface area (Å²) in [4.78, 5) is 14.5. The average Bonchev–Trinajstić information content (AvgIpc) is 2.99. The number of hydrogen-bond acceptors (Lipinski definition) is 4. The number of fused-ring (bicyclic) bond motifs is 1. The fourth-order valence-corrected chi connectivity index (χ4v) is 5.33. The lowest BCUT2D eigenvalue weighted by Gasteiger charge is -2.40. The first-order chi connectivity index (χ1) is 10.9. The highest BCUT2D eigenvalue weighted by Crippen LogP contribution is 2.33. The van der Waals surface area contributed by atoms with Crippen LogP contribution in [0.25, 0.3) is 0 Å². The van der Waals surface area contributed by atoms with Crippen molar-refractivity contribution in [2.24, 2.45) is 0 Å². The molecule has 2 atom stereocenters. The van der Waals surface area contributed by atoms with Gasteiger partial charge in [-0.15, -0.1) is 0 Å². The molecule has 1 aromatic carbocycles. The van der Waals surface area contributed by atoms with Gasteiger partial charge in [-0.1, -0.05) is 6.07 Å². The molecule has 3 rings (SSSR count). The number of ether oxygens (including phenoxy) is 1. The summed E-state index contributed by atoms with van der Waals surface area (Å²) >= 11 is 0. The van der Waals surface area contributed by atoms with Crippen LogP contribution in [0.2, 0.25) is 0 Å². The molecule has 23 heavy (non-hydrogen) atoms. The molecule has 2 aliphatic rings. The van der Waals surface area contributed by atoms with Crippen molar-refractivity contribution in [1.29, 1.82) is 0 Å². The molecule has 0 N–H and O–H groups in total. The zero-order chi connectivity index (χ0) is 16.8. The SMILES string of the molecule is COc1ccc(C)cc1S(=O)(=O)N1C[C@H]2CCCN2C(=O)[C@@H]1C. The third-order valence-electron chi connectivity index (χ3n) is 4.75. The van der Waals surface area contributed by atoms with Crippen molar-refractivity contribution in [3.8, 4) is 5.75 Å². The van der Waals surface area contributed by atoms with Crippen molar-refractivity contribution < 1.29 is 17.9 Å². The maximum atomic E-state index is 13.1. The molecule has 0 bridgehead atoms. The summed E-state index contributed by atoms with van der Waals surface area (Å²) in [7, 11) is -2.34. The predicted molar refractivity (Wildman–Crippen MR) is 85.8 cm³/mol. The molecule has 2 aliphatic heterocycles. The summed E-state index contributed by atoms with van der Waals surface area (Å²) in [6.07, 6.45) is 1.79. The molecule has 0 unspecified atom stereocenters. The third-order valence-corrected chi connectivity index (χ3v) is 6.70. The van der Waals surface area contributed by atoms with E-state index in [9.17, 15) is 13.2 Å². The van der Waals surface area contributed by atoms with Gasteiger partial charge in [0, 0.05) is 19.1 Å². The quantitative estimate of drug-likeness (QED) is 0.835. The first-order valence-electron chi connectivity index (χ1n) is 7.83. The Bertz CT molecular complexity index is 732. The van der Waals surface area contributed by atoms with Gasteiger partial charge < -0.3 is 9.64 Å². The summed E-state index contributed by atoms with van der Waals surface area (Å²) in [5.41, 5.74) is 0.836. The Morgan fingerprint density at radius 3 is 2.74 bits per heavy atom. The van der Waals surface area contributed by atoms with Gasteiger partial charge >= 0.3 is 0 Å². The Kier molecular flexibility index (Phi) is 4.10. The van der Waals surface area contributed by atoms with Crippen LogP contribution in [0.15, 0.2) is 23.1 Å². The fourth-order valence-electron chi connectivity index (χ4n) is 3.46. The number of piperazine rings is 1. The lowest BCUT2D eigenvalue weighted by atomic mass is 10.1. The van der Waals surface area contributed by atoms with Crippen molar-refractivity contribution in [3.05, 3.63) is 23.8 Å². The van der Waals surface area contributed by atoms with Gasteiger partial charge in [0.15, 0.2) is 0 Å². The van der Waals surface area contributed by atoms with Crippen LogP contribution in [0.3, 0.4) is 0 Å². The van der Waals surface area contributed by atoms with Gasteiger partial charge in [0.2, 0.25) is 15.9 Å². The maximum absolute atomic E-state index is 13.1. The molecule has 0 aliphatic carbocycles. The molecule has 7 heteroatoms. The Balaban J connectivity index is 2.02. The van der Waals surface area contributed by atoms with Gasteiger partial charge in [0.1, 0.15) is 16.7 Å². The number of aryl methyl sites for hydroxylation is 1. The maximum Gasteiger partial charge on any atom is 0.247 e. The van der Waals surface area contributed by atoms with Crippen molar-refractivity contribution in [2.75, 3.05) is 20.2 Å². The molecule has 0 aromatic heterocycles. The second kappa shape index (κ2) is 5.79. The lowest BCUT2D eigenvalue weighted by molar-refractivity contribution is -0.139. The molecular formula is C16H22N2O4S. The van der Waals surface area contributed by atoms with Crippen LogP contribution in [0.5, 0.6) is 5.75 Å². The van der Waals surface area contributed by atoms with E-state index in [0.717, 1.165) is 24.9 Å². The minimum atomic E-state index is -3.79. The highest BCUT2D eigenvalue weighted by Gasteiger charge is 2.45. The Labute approximate surface area is 137 Å². The van der Waals surface area contributed by atoms with Crippen molar-refractivity contribution in [3.63, 3.8) is 0 Å². The molecule has 2 heterocycles. The van der Waals surface area contributed by atoms with E-state index in [0.29, 0.717) is 12.3 Å². The molecule has 6 nitrogen and oxygen atoms in total. The van der Waals surface area contributed by atoms with Crippen LogP contribution in [0.4, 0.5) is 0 Å². The Morgan fingerprint density at radius 2 is 2.04 bits per heavy atom. The number of carbonyl (C=O) groups is 1. The summed E-state index contributed by atoms with van der Waals surface area (Å²) in [6, 6.07) is 4.37. The normalized spacial score (nSPS) is 25.5. The van der Waals surface area contributed by atoms with E-state index in [-0.39, 0.29) is 16.8 Å². The van der Waals surface area contributed by atoms with E-state index in [1.54, 1.807) is 25.1 Å². The largest absolute Gasteiger partial charge is 0.495 e. The second-order valence-electron chi connectivity index (χ2n) is 6.23. The molecular weight excluding hydrogens is 316 g/mol. The van der Waals surface area contributed by atoms with Gasteiger partial charge in [0.25, 0.3) is 0 Å². The number of hydrogen-bond donors (Lipinski definition) is 0. The van der Waals surface area contributed by atoms with Crippen molar-refractivity contribution in [2.45, 2.75) is 43.7 Å². The highest BCUT2D eigenvalue weighted by molar-refractivity contribution is 7.89. The van der Waals surface area contributed by atoms with Gasteiger partial charge in [-0.25, -0.2) is 8.42 Å². The first-order valence-corrected chi connectivity index (χ1v) is 9.27. The number of amides is 1. The molecule has 0 radical (unpaired) electrons. The summed E-state index contributed by atoms with van der Waals surface area (Å²) < 4.78 is 32.8. The predicted octanol–water partition coefficient (Wildman–Crippen LogP) is 1.39. The van der Waals surface area contributed by atoms with E-state index in [1.165, 1.54) is 11.4 Å². The molecule has 0 saturated carbocycles. The van der Waals surface area contributed by atoms with E-state index >= 15 is 0 Å². The minimum absolute atomic E-state index is 0.00993. The molecule has 0 spiro atoms. The number of rotatable bonds is 3. The fraction of sp³-hybridized carbons (Fsp3) is 0.562. The van der Waals surface area contributed by atoms with Crippen molar-refractivity contribution in [1.82, 2.24) is 9.21 Å². The Hall–Kier alpha value is -1.60. The first kappa shape index (κ1) is 16.3. The van der Waals surface area contributed by atoms with Gasteiger partial charge in [-0.05, 0) is 44.4 Å². The molecule has 1 aromatic rings. The van der Waals surface area contributed by atoms with Crippen LogP contribution < -0.4 is 4.74 Å². The molecule has 2 fully saturated rings. The van der Waals surface area contributed by atoms with Crippen LogP contribution >= 0.6 is 0 Å². The number of sulfonamides is 1. The number of methoxy groups -OCH3 is 1. The van der Waals surface area contributed by atoms with Crippen LogP contribution in [0.1, 0.15) is 25.3 Å². The van der Waals surface area contributed by atoms with E-state index in [2.05, 4.69) is 0 Å². The average molecular weight is 338 g/mol. The molecule has 126 valence electrons. The van der Waals surface area contributed by atoms with Crippen molar-refractivity contribution >= 4 is 15.9 Å². The molecule has 1 amide bonds. The number of carbonyl (C=O) groups excluding carboxylic acids is 1. The van der Waals surface area contributed by atoms with Crippen LogP contribution in [-0.4, -0.2) is 55.8 Å². The minimum Gasteiger partial charge on any atom is -0.495 e. The summed E-state index contributed by atoms with van der Waals surface area (Å²) in [5, 5.41) is 0. The lowest BCUT2D eigenvalue weighted by Crippen LogP contribution is -2.59. The Morgan fingerprint density at radius 1 is 1.30 bits per heavy atom. The number of benzene rings is 1. The zero-order valence-electron chi connectivity index (χ0n) is 13.7. The highest BCUT2D eigenvalue weighted by atomic mass is 32.2. The van der Waals surface area contributed by atoms with Crippen LogP contribution in [0, 0.1) is 6.92 Å². The topological polar surface area (TPSA) is 66.9 Å². The zero-order valence-corrected chi connectivity index (χ0v) is 14.5. The third kappa shape index (κ3) is 2.61. The van der Waals surface area contributed by atoms with Crippen LogP contribution in [-0.2, 0) is 14.8 Å². The van der Waals surface area contributed by atoms with E-state index in [4.69, 9.17) is 4.74 Å².